The molecule has 7 heteroatoms. The van der Waals surface area contributed by atoms with Crippen molar-refractivity contribution < 1.29 is 19.1 Å². The molecule has 1 aliphatic heterocycles. The van der Waals surface area contributed by atoms with Gasteiger partial charge in [-0.05, 0) is 31.0 Å². The maximum Gasteiger partial charge on any atom is 0.321 e. The van der Waals surface area contributed by atoms with Crippen LogP contribution in [0.25, 0.3) is 0 Å². The maximum atomic E-state index is 13.0. The van der Waals surface area contributed by atoms with Crippen LogP contribution in [0.4, 0.5) is 14.9 Å². The van der Waals surface area contributed by atoms with Crippen molar-refractivity contribution in [3.05, 3.63) is 29.6 Å². The number of hydrogen-bond acceptors (Lipinski definition) is 3. The first-order valence-corrected chi connectivity index (χ1v) is 6.49. The van der Waals surface area contributed by atoms with E-state index in [9.17, 15) is 14.0 Å². The summed E-state index contributed by atoms with van der Waals surface area (Å²) >= 11 is 0. The standard InChI is InChI=1S/C14H14FN3O3/c15-11-3-4-12(10(6-11)7-16)17-14(21)18-5-1-2-9(8-18)13(19)20/h3-4,6,9H,1-2,5,8H2,(H,17,21)(H,19,20)/t9-/m1/s1. The van der Waals surface area contributed by atoms with Crippen molar-refractivity contribution in [2.45, 2.75) is 12.8 Å². The van der Waals surface area contributed by atoms with Crippen LogP contribution in [-0.4, -0.2) is 35.1 Å². The van der Waals surface area contributed by atoms with E-state index in [-0.39, 0.29) is 17.8 Å². The summed E-state index contributed by atoms with van der Waals surface area (Å²) in [6.45, 7) is 0.586. The highest BCUT2D eigenvalue weighted by Gasteiger charge is 2.28. The number of likely N-dealkylation sites (tertiary alicyclic amines) is 1. The average molecular weight is 291 g/mol. The number of piperidine rings is 1. The van der Waals surface area contributed by atoms with E-state index in [2.05, 4.69) is 5.32 Å². The number of benzene rings is 1. The normalized spacial score (nSPS) is 17.9. The van der Waals surface area contributed by atoms with Crippen molar-refractivity contribution >= 4 is 17.7 Å². The molecule has 0 spiro atoms. The number of nitrogens with one attached hydrogen (secondary N) is 1. The molecule has 1 heterocycles. The van der Waals surface area contributed by atoms with Crippen molar-refractivity contribution in [3.63, 3.8) is 0 Å². The van der Waals surface area contributed by atoms with Crippen LogP contribution in [0.2, 0.25) is 0 Å². The number of aliphatic carboxylic acids is 1. The van der Waals surface area contributed by atoms with Crippen LogP contribution in [0.5, 0.6) is 0 Å². The number of carboxylic acids is 1. The summed E-state index contributed by atoms with van der Waals surface area (Å²) in [7, 11) is 0. The number of carbonyl (C=O) groups is 2. The van der Waals surface area contributed by atoms with E-state index in [0.717, 1.165) is 12.1 Å². The second-order valence-corrected chi connectivity index (χ2v) is 4.86. The summed E-state index contributed by atoms with van der Waals surface area (Å²) < 4.78 is 13.0. The van der Waals surface area contributed by atoms with Crippen LogP contribution in [0.15, 0.2) is 18.2 Å². The van der Waals surface area contributed by atoms with Gasteiger partial charge in [-0.1, -0.05) is 0 Å². The predicted octanol–water partition coefficient (Wildman–Crippen LogP) is 2.03. The van der Waals surface area contributed by atoms with Gasteiger partial charge in [0.25, 0.3) is 0 Å². The highest BCUT2D eigenvalue weighted by Crippen LogP contribution is 2.20. The Kier molecular flexibility index (Phi) is 4.38. The Labute approximate surface area is 120 Å². The average Bonchev–Trinajstić information content (AvgIpc) is 2.49. The van der Waals surface area contributed by atoms with Crippen LogP contribution in [0.1, 0.15) is 18.4 Å². The molecule has 1 atom stereocenters. The zero-order valence-corrected chi connectivity index (χ0v) is 11.2. The van der Waals surface area contributed by atoms with Crippen LogP contribution < -0.4 is 5.32 Å². The molecule has 0 radical (unpaired) electrons. The Morgan fingerprint density at radius 3 is 2.90 bits per heavy atom. The number of amides is 2. The monoisotopic (exact) mass is 291 g/mol. The van der Waals surface area contributed by atoms with Gasteiger partial charge >= 0.3 is 12.0 Å². The lowest BCUT2D eigenvalue weighted by atomic mass is 9.99. The molecule has 2 N–H and O–H groups in total. The quantitative estimate of drug-likeness (QED) is 0.871. The first kappa shape index (κ1) is 14.8. The SMILES string of the molecule is N#Cc1cc(F)ccc1NC(=O)N1CCC[C@@H](C(=O)O)C1. The first-order chi connectivity index (χ1) is 10.0. The lowest BCUT2D eigenvalue weighted by Gasteiger charge is -2.30. The van der Waals surface area contributed by atoms with E-state index in [0.29, 0.717) is 19.4 Å². The summed E-state index contributed by atoms with van der Waals surface area (Å²) in [5.41, 5.74) is 0.233. The molecule has 1 aliphatic rings. The number of nitriles is 1. The third-order valence-corrected chi connectivity index (χ3v) is 3.40. The summed E-state index contributed by atoms with van der Waals surface area (Å²) in [5.74, 6) is -2.06. The fourth-order valence-corrected chi connectivity index (χ4v) is 2.28. The number of nitrogens with zero attached hydrogens (tertiary/aromatic N) is 2. The van der Waals surface area contributed by atoms with E-state index in [1.165, 1.54) is 11.0 Å². The minimum atomic E-state index is -0.924. The lowest BCUT2D eigenvalue weighted by Crippen LogP contribution is -2.44. The fraction of sp³-hybridized carbons (Fsp3) is 0.357. The molecule has 1 saturated heterocycles. The van der Waals surface area contributed by atoms with E-state index in [1.54, 1.807) is 6.07 Å². The van der Waals surface area contributed by atoms with Crippen molar-refractivity contribution in [3.8, 4) is 6.07 Å². The minimum Gasteiger partial charge on any atom is -0.481 e. The topological polar surface area (TPSA) is 93.4 Å². The van der Waals surface area contributed by atoms with Crippen molar-refractivity contribution in [1.82, 2.24) is 4.90 Å². The van der Waals surface area contributed by atoms with Crippen molar-refractivity contribution in [1.29, 1.82) is 5.26 Å². The molecular weight excluding hydrogens is 277 g/mol. The predicted molar refractivity (Wildman–Crippen MR) is 72.1 cm³/mol. The Hall–Kier alpha value is -2.62. The third kappa shape index (κ3) is 3.48. The lowest BCUT2D eigenvalue weighted by molar-refractivity contribution is -0.143. The largest absolute Gasteiger partial charge is 0.481 e. The van der Waals surface area contributed by atoms with E-state index >= 15 is 0 Å². The van der Waals surface area contributed by atoms with Gasteiger partial charge in [0, 0.05) is 13.1 Å². The third-order valence-electron chi connectivity index (χ3n) is 3.40. The summed E-state index contributed by atoms with van der Waals surface area (Å²) in [5, 5.41) is 20.4. The van der Waals surface area contributed by atoms with Crippen molar-refractivity contribution in [2.75, 3.05) is 18.4 Å². The van der Waals surface area contributed by atoms with Crippen LogP contribution in [-0.2, 0) is 4.79 Å². The van der Waals surface area contributed by atoms with Gasteiger partial charge in [0.15, 0.2) is 0 Å². The number of halogens is 1. The number of carboxylic acid groups (broad SMARTS) is 1. The van der Waals surface area contributed by atoms with Gasteiger partial charge in [-0.25, -0.2) is 9.18 Å². The molecule has 2 amide bonds. The molecule has 0 saturated carbocycles. The molecule has 1 fully saturated rings. The molecule has 1 aromatic carbocycles. The molecule has 6 nitrogen and oxygen atoms in total. The maximum absolute atomic E-state index is 13.0. The van der Waals surface area contributed by atoms with Gasteiger partial charge in [-0.15, -0.1) is 0 Å². The summed E-state index contributed by atoms with van der Waals surface area (Å²) in [4.78, 5) is 24.5. The number of rotatable bonds is 2. The Morgan fingerprint density at radius 1 is 1.48 bits per heavy atom. The second-order valence-electron chi connectivity index (χ2n) is 4.86. The number of urea groups is 1. The minimum absolute atomic E-state index is 0.0233. The summed E-state index contributed by atoms with van der Waals surface area (Å²) in [6.07, 6.45) is 1.15. The van der Waals surface area contributed by atoms with Gasteiger partial charge < -0.3 is 15.3 Å². The highest BCUT2D eigenvalue weighted by molar-refractivity contribution is 5.91. The Balaban J connectivity index is 2.08. The van der Waals surface area contributed by atoms with Crippen molar-refractivity contribution in [2.24, 2.45) is 5.92 Å². The van der Waals surface area contributed by atoms with Gasteiger partial charge in [-0.2, -0.15) is 5.26 Å². The van der Waals surface area contributed by atoms with E-state index < -0.39 is 23.7 Å². The van der Waals surface area contributed by atoms with E-state index in [4.69, 9.17) is 10.4 Å². The van der Waals surface area contributed by atoms with Crippen LogP contribution in [0.3, 0.4) is 0 Å². The number of carbonyl (C=O) groups excluding carboxylic acids is 1. The molecule has 0 bridgehead atoms. The molecule has 0 unspecified atom stereocenters. The number of hydrogen-bond donors (Lipinski definition) is 2. The van der Waals surface area contributed by atoms with Gasteiger partial charge in [-0.3, -0.25) is 4.79 Å². The Morgan fingerprint density at radius 2 is 2.24 bits per heavy atom. The molecule has 110 valence electrons. The molecule has 21 heavy (non-hydrogen) atoms. The van der Waals surface area contributed by atoms with Crippen LogP contribution >= 0.6 is 0 Å². The molecule has 0 aromatic heterocycles. The summed E-state index contributed by atoms with van der Waals surface area (Å²) in [6, 6.07) is 4.81. The second kappa shape index (κ2) is 6.22. The zero-order chi connectivity index (χ0) is 15.4. The Bertz CT molecular complexity index is 612. The molecule has 0 aliphatic carbocycles. The van der Waals surface area contributed by atoms with Gasteiger partial charge in [0.2, 0.25) is 0 Å². The molecular formula is C14H14FN3O3. The first-order valence-electron chi connectivity index (χ1n) is 6.49. The van der Waals surface area contributed by atoms with E-state index in [1.807, 2.05) is 0 Å². The number of anilines is 1. The molecule has 1 aromatic rings. The fourth-order valence-electron chi connectivity index (χ4n) is 2.28. The van der Waals surface area contributed by atoms with Crippen LogP contribution in [0, 0.1) is 23.1 Å². The zero-order valence-electron chi connectivity index (χ0n) is 11.2. The van der Waals surface area contributed by atoms with Gasteiger partial charge in [0.05, 0.1) is 17.2 Å². The smallest absolute Gasteiger partial charge is 0.321 e. The van der Waals surface area contributed by atoms with Gasteiger partial charge in [0.1, 0.15) is 11.9 Å². The molecule has 2 rings (SSSR count). The highest BCUT2D eigenvalue weighted by atomic mass is 19.1.